The molecule has 0 fully saturated rings. The number of aryl methyl sites for hydroxylation is 2. The number of carbonyl (C=O) groups excluding carboxylic acids is 2. The van der Waals surface area contributed by atoms with E-state index in [2.05, 4.69) is 20.6 Å². The Bertz CT molecular complexity index is 1130. The maximum atomic E-state index is 12.8. The summed E-state index contributed by atoms with van der Waals surface area (Å²) in [5.41, 5.74) is 4.45. The molecule has 3 N–H and O–H groups in total. The number of benzene rings is 1. The van der Waals surface area contributed by atoms with E-state index in [1.165, 1.54) is 11.3 Å². The van der Waals surface area contributed by atoms with Gasteiger partial charge >= 0.3 is 0 Å². The molecule has 3 aromatic rings. The Morgan fingerprint density at radius 1 is 1.09 bits per heavy atom. The number of nitrogens with zero attached hydrogens (tertiary/aromatic N) is 3. The molecular formula is C25H31N5O3S. The summed E-state index contributed by atoms with van der Waals surface area (Å²) in [5.74, 6) is -0.354. The number of nitrogens with one attached hydrogen (secondary N) is 2. The van der Waals surface area contributed by atoms with Crippen molar-refractivity contribution < 1.29 is 14.7 Å². The third kappa shape index (κ3) is 7.18. The van der Waals surface area contributed by atoms with Crippen LogP contribution in [0.3, 0.4) is 0 Å². The molecule has 180 valence electrons. The summed E-state index contributed by atoms with van der Waals surface area (Å²) in [6.45, 7) is 6.10. The van der Waals surface area contributed by atoms with Crippen molar-refractivity contribution in [2.75, 3.05) is 20.1 Å². The molecule has 8 nitrogen and oxygen atoms in total. The molecule has 0 bridgehead atoms. The zero-order valence-electron chi connectivity index (χ0n) is 19.8. The Balaban J connectivity index is 1.42. The van der Waals surface area contributed by atoms with E-state index in [4.69, 9.17) is 0 Å². The van der Waals surface area contributed by atoms with Crippen LogP contribution >= 0.6 is 11.3 Å². The lowest BCUT2D eigenvalue weighted by molar-refractivity contribution is 0.0785. The van der Waals surface area contributed by atoms with Crippen LogP contribution in [0.15, 0.2) is 41.8 Å². The monoisotopic (exact) mass is 481 g/mol. The minimum Gasteiger partial charge on any atom is -0.392 e. The van der Waals surface area contributed by atoms with Gasteiger partial charge in [-0.05, 0) is 56.6 Å². The van der Waals surface area contributed by atoms with Crippen LogP contribution in [0.4, 0.5) is 0 Å². The number of aromatic nitrogens is 2. The molecule has 2 amide bonds. The Morgan fingerprint density at radius 2 is 1.88 bits per heavy atom. The minimum atomic E-state index is -0.204. The van der Waals surface area contributed by atoms with Crippen molar-refractivity contribution in [2.45, 2.75) is 40.0 Å². The molecule has 0 atom stereocenters. The maximum absolute atomic E-state index is 12.8. The van der Waals surface area contributed by atoms with E-state index in [-0.39, 0.29) is 18.4 Å². The van der Waals surface area contributed by atoms with Crippen LogP contribution in [0, 0.1) is 13.8 Å². The standard InChI is InChI=1S/C25H31N5O3S/c1-17-16-34-23(28-17)14-30(3)25(33)20-7-4-6-19(12-20)24(32)27-11-5-10-26-13-22-9-8-21(15-31)18(2)29-22/h4,6-9,12,16,26,31H,5,10-11,13-15H2,1-3H3,(H,27,32). The summed E-state index contributed by atoms with van der Waals surface area (Å²) in [5, 5.41) is 18.3. The van der Waals surface area contributed by atoms with Gasteiger partial charge in [0.2, 0.25) is 0 Å². The molecular weight excluding hydrogens is 450 g/mol. The van der Waals surface area contributed by atoms with Crippen molar-refractivity contribution in [3.05, 3.63) is 80.6 Å². The Labute approximate surface area is 204 Å². The highest BCUT2D eigenvalue weighted by atomic mass is 32.1. The molecule has 34 heavy (non-hydrogen) atoms. The Morgan fingerprint density at radius 3 is 2.59 bits per heavy atom. The topological polar surface area (TPSA) is 107 Å². The molecule has 3 rings (SSSR count). The van der Waals surface area contributed by atoms with Gasteiger partial charge in [0.1, 0.15) is 5.01 Å². The van der Waals surface area contributed by atoms with Gasteiger partial charge in [0.25, 0.3) is 11.8 Å². The van der Waals surface area contributed by atoms with E-state index in [1.54, 1.807) is 36.2 Å². The van der Waals surface area contributed by atoms with Gasteiger partial charge in [-0.25, -0.2) is 4.98 Å². The average Bonchev–Trinajstić information content (AvgIpc) is 3.25. The first kappa shape index (κ1) is 25.5. The van der Waals surface area contributed by atoms with Crippen molar-refractivity contribution in [3.8, 4) is 0 Å². The van der Waals surface area contributed by atoms with Crippen molar-refractivity contribution in [3.63, 3.8) is 0 Å². The smallest absolute Gasteiger partial charge is 0.253 e. The zero-order chi connectivity index (χ0) is 24.5. The van der Waals surface area contributed by atoms with Gasteiger partial charge in [-0.2, -0.15) is 0 Å². The molecule has 0 spiro atoms. The zero-order valence-corrected chi connectivity index (χ0v) is 20.6. The number of amides is 2. The van der Waals surface area contributed by atoms with Gasteiger partial charge < -0.3 is 20.6 Å². The second kappa shape index (κ2) is 12.4. The highest BCUT2D eigenvalue weighted by molar-refractivity contribution is 7.09. The van der Waals surface area contributed by atoms with Crippen LogP contribution < -0.4 is 10.6 Å². The lowest BCUT2D eigenvalue weighted by atomic mass is 10.1. The molecule has 0 unspecified atom stereocenters. The number of pyridine rings is 1. The SMILES string of the molecule is Cc1csc(CN(C)C(=O)c2cccc(C(=O)NCCCNCc3ccc(CO)c(C)n3)c2)n1. The molecule has 0 aliphatic heterocycles. The summed E-state index contributed by atoms with van der Waals surface area (Å²) in [6.07, 6.45) is 0.758. The molecule has 0 saturated carbocycles. The highest BCUT2D eigenvalue weighted by Crippen LogP contribution is 2.14. The number of carbonyl (C=O) groups is 2. The third-order valence-electron chi connectivity index (χ3n) is 5.30. The lowest BCUT2D eigenvalue weighted by Gasteiger charge is -2.16. The third-order valence-corrected chi connectivity index (χ3v) is 6.25. The predicted molar refractivity (Wildman–Crippen MR) is 133 cm³/mol. The van der Waals surface area contributed by atoms with Crippen LogP contribution in [0.5, 0.6) is 0 Å². The molecule has 0 saturated heterocycles. The number of hydrogen-bond donors (Lipinski definition) is 3. The summed E-state index contributed by atoms with van der Waals surface area (Å²) in [4.78, 5) is 35.8. The van der Waals surface area contributed by atoms with E-state index in [9.17, 15) is 14.7 Å². The average molecular weight is 482 g/mol. The first-order valence-corrected chi connectivity index (χ1v) is 12.1. The van der Waals surface area contributed by atoms with E-state index in [0.29, 0.717) is 30.8 Å². The maximum Gasteiger partial charge on any atom is 0.253 e. The molecule has 0 aliphatic carbocycles. The Kier molecular flexibility index (Phi) is 9.26. The summed E-state index contributed by atoms with van der Waals surface area (Å²) in [6, 6.07) is 10.6. The molecule has 2 aromatic heterocycles. The van der Waals surface area contributed by atoms with Crippen molar-refractivity contribution in [2.24, 2.45) is 0 Å². The first-order chi connectivity index (χ1) is 16.4. The van der Waals surface area contributed by atoms with Crippen LogP contribution in [0.1, 0.15) is 54.8 Å². The summed E-state index contributed by atoms with van der Waals surface area (Å²) >= 11 is 1.53. The molecule has 2 heterocycles. The van der Waals surface area contributed by atoms with E-state index >= 15 is 0 Å². The van der Waals surface area contributed by atoms with Crippen LogP contribution in [0.2, 0.25) is 0 Å². The fraction of sp³-hybridized carbons (Fsp3) is 0.360. The fourth-order valence-electron chi connectivity index (χ4n) is 3.41. The highest BCUT2D eigenvalue weighted by Gasteiger charge is 2.15. The van der Waals surface area contributed by atoms with Gasteiger partial charge in [-0.1, -0.05) is 12.1 Å². The largest absolute Gasteiger partial charge is 0.392 e. The van der Waals surface area contributed by atoms with Gasteiger partial charge in [0.05, 0.1) is 18.8 Å². The van der Waals surface area contributed by atoms with Gasteiger partial charge in [-0.3, -0.25) is 14.6 Å². The first-order valence-electron chi connectivity index (χ1n) is 11.2. The van der Waals surface area contributed by atoms with Crippen LogP contribution in [-0.2, 0) is 19.7 Å². The van der Waals surface area contributed by atoms with Crippen LogP contribution in [0.25, 0.3) is 0 Å². The number of aliphatic hydroxyl groups is 1. The van der Waals surface area contributed by atoms with Crippen molar-refractivity contribution in [1.82, 2.24) is 25.5 Å². The Hall–Kier alpha value is -3.14. The molecule has 1 aromatic carbocycles. The molecule has 0 radical (unpaired) electrons. The van der Waals surface area contributed by atoms with Gasteiger partial charge in [-0.15, -0.1) is 11.3 Å². The van der Waals surface area contributed by atoms with E-state index in [1.807, 2.05) is 31.4 Å². The summed E-state index contributed by atoms with van der Waals surface area (Å²) in [7, 11) is 1.73. The molecule has 9 heteroatoms. The fourth-order valence-corrected chi connectivity index (χ4v) is 4.23. The van der Waals surface area contributed by atoms with Gasteiger partial charge in [0.15, 0.2) is 0 Å². The van der Waals surface area contributed by atoms with Gasteiger partial charge in [0, 0.05) is 48.0 Å². The van der Waals surface area contributed by atoms with Crippen LogP contribution in [-0.4, -0.2) is 51.9 Å². The summed E-state index contributed by atoms with van der Waals surface area (Å²) < 4.78 is 0. The van der Waals surface area contributed by atoms with Crippen molar-refractivity contribution in [1.29, 1.82) is 0 Å². The number of thiazole rings is 1. The number of hydrogen-bond acceptors (Lipinski definition) is 7. The van der Waals surface area contributed by atoms with E-state index < -0.39 is 0 Å². The quantitative estimate of drug-likeness (QED) is 0.364. The normalized spacial score (nSPS) is 10.8. The lowest BCUT2D eigenvalue weighted by Crippen LogP contribution is -2.28. The number of rotatable bonds is 11. The van der Waals surface area contributed by atoms with Crippen molar-refractivity contribution >= 4 is 23.2 Å². The predicted octanol–water partition coefficient (Wildman–Crippen LogP) is 2.83. The second-order valence-electron chi connectivity index (χ2n) is 8.12. The van der Waals surface area contributed by atoms with E-state index in [0.717, 1.165) is 40.6 Å². The number of aliphatic hydroxyl groups excluding tert-OH is 1. The minimum absolute atomic E-state index is 0.00758. The second-order valence-corrected chi connectivity index (χ2v) is 9.06. The molecule has 0 aliphatic rings.